The van der Waals surface area contributed by atoms with Crippen molar-refractivity contribution in [3.8, 4) is 0 Å². The number of rotatable bonds is 4. The summed E-state index contributed by atoms with van der Waals surface area (Å²) >= 11 is 0. The van der Waals surface area contributed by atoms with Gasteiger partial charge in [-0.1, -0.05) is 0 Å². The molecule has 0 aromatic heterocycles. The number of benzene rings is 1. The van der Waals surface area contributed by atoms with Crippen LogP contribution in [0.5, 0.6) is 0 Å². The molecule has 1 heterocycles. The molecule has 0 radical (unpaired) electrons. The number of likely N-dealkylation sites (tertiary alicyclic amines) is 1. The summed E-state index contributed by atoms with van der Waals surface area (Å²) in [5, 5.41) is 3.40. The Kier molecular flexibility index (Phi) is 3.43. The molecule has 2 rings (SSSR count). The molecule has 94 valence electrons. The fourth-order valence-electron chi connectivity index (χ4n) is 2.53. The first-order valence-corrected chi connectivity index (χ1v) is 6.31. The fraction of sp³-hybridized carbons (Fsp3) is 0.538. The second-order valence-corrected chi connectivity index (χ2v) is 5.27. The van der Waals surface area contributed by atoms with Gasteiger partial charge in [0.05, 0.1) is 44.6 Å². The van der Waals surface area contributed by atoms with Crippen molar-refractivity contribution in [2.45, 2.75) is 12.8 Å². The Morgan fingerprint density at radius 3 is 2.59 bits per heavy atom. The van der Waals surface area contributed by atoms with Crippen molar-refractivity contribution in [1.82, 2.24) is 0 Å². The van der Waals surface area contributed by atoms with Crippen molar-refractivity contribution < 1.29 is 4.48 Å². The summed E-state index contributed by atoms with van der Waals surface area (Å²) in [5.74, 6) is 0. The largest absolute Gasteiger partial charge is 0.399 e. The van der Waals surface area contributed by atoms with Crippen molar-refractivity contribution in [1.29, 1.82) is 0 Å². The molecule has 1 saturated heterocycles. The highest BCUT2D eigenvalue weighted by Crippen LogP contribution is 2.21. The molecule has 17 heavy (non-hydrogen) atoms. The second kappa shape index (κ2) is 4.84. The van der Waals surface area contributed by atoms with E-state index in [-0.39, 0.29) is 0 Å². The van der Waals surface area contributed by atoms with Gasteiger partial charge in [0.15, 0.2) is 0 Å². The Labute approximate surface area is 103 Å². The first-order valence-electron chi connectivity index (χ1n) is 6.31. The fourth-order valence-corrected chi connectivity index (χ4v) is 2.53. The van der Waals surface area contributed by atoms with E-state index in [1.807, 2.05) is 12.1 Å². The number of hydrogen-bond donors (Lipinski definition) is 3. The number of anilines is 3. The standard InChI is InChI=1S/C13H23N4/c1-17(7-2-3-8-17)9-6-16-13-5-4-11(14)10-12(13)15/h4-5,10,16H,2-3,6-9,14-15H2,1H3/q+1. The van der Waals surface area contributed by atoms with Crippen LogP contribution < -0.4 is 16.8 Å². The zero-order chi connectivity index (χ0) is 12.3. The third-order valence-corrected chi connectivity index (χ3v) is 3.69. The SMILES string of the molecule is C[N+]1(CCNc2ccc(N)cc2N)CCCC1. The summed E-state index contributed by atoms with van der Waals surface area (Å²) in [6.45, 7) is 4.73. The molecular formula is C13H23N4+. The van der Waals surface area contributed by atoms with Gasteiger partial charge in [-0.2, -0.15) is 0 Å². The average Bonchev–Trinajstić information content (AvgIpc) is 2.69. The topological polar surface area (TPSA) is 64.1 Å². The van der Waals surface area contributed by atoms with Gasteiger partial charge in [0.1, 0.15) is 0 Å². The number of nitrogens with zero attached hydrogens (tertiary/aromatic N) is 1. The maximum absolute atomic E-state index is 5.90. The molecule has 0 amide bonds. The molecular weight excluding hydrogens is 212 g/mol. The van der Waals surface area contributed by atoms with Crippen LogP contribution >= 0.6 is 0 Å². The zero-order valence-electron chi connectivity index (χ0n) is 10.6. The van der Waals surface area contributed by atoms with E-state index in [9.17, 15) is 0 Å². The van der Waals surface area contributed by atoms with Gasteiger partial charge in [0.2, 0.25) is 0 Å². The van der Waals surface area contributed by atoms with Gasteiger partial charge in [0.25, 0.3) is 0 Å². The minimum Gasteiger partial charge on any atom is -0.399 e. The predicted octanol–water partition coefficient (Wildman–Crippen LogP) is 1.50. The van der Waals surface area contributed by atoms with Crippen LogP contribution in [0.1, 0.15) is 12.8 Å². The molecule has 4 nitrogen and oxygen atoms in total. The van der Waals surface area contributed by atoms with E-state index < -0.39 is 0 Å². The van der Waals surface area contributed by atoms with Gasteiger partial charge >= 0.3 is 0 Å². The molecule has 0 bridgehead atoms. The Balaban J connectivity index is 1.85. The van der Waals surface area contributed by atoms with Crippen LogP contribution in [0.2, 0.25) is 0 Å². The van der Waals surface area contributed by atoms with E-state index in [1.54, 1.807) is 6.07 Å². The molecule has 4 heteroatoms. The number of nitrogens with one attached hydrogen (secondary N) is 1. The molecule has 0 saturated carbocycles. The van der Waals surface area contributed by atoms with Gasteiger partial charge in [-0.15, -0.1) is 0 Å². The molecule has 1 aromatic carbocycles. The lowest BCUT2D eigenvalue weighted by atomic mass is 10.2. The molecule has 1 aliphatic heterocycles. The van der Waals surface area contributed by atoms with Crippen LogP contribution in [0.4, 0.5) is 17.1 Å². The molecule has 0 aliphatic carbocycles. The highest BCUT2D eigenvalue weighted by molar-refractivity contribution is 5.70. The molecule has 1 fully saturated rings. The van der Waals surface area contributed by atoms with Crippen LogP contribution in [0.25, 0.3) is 0 Å². The normalized spacial score (nSPS) is 18.2. The number of hydrogen-bond acceptors (Lipinski definition) is 3. The average molecular weight is 235 g/mol. The van der Waals surface area contributed by atoms with Crippen LogP contribution in [0, 0.1) is 0 Å². The van der Waals surface area contributed by atoms with E-state index in [2.05, 4.69) is 12.4 Å². The van der Waals surface area contributed by atoms with Crippen molar-refractivity contribution in [3.05, 3.63) is 18.2 Å². The van der Waals surface area contributed by atoms with Crippen LogP contribution in [-0.2, 0) is 0 Å². The van der Waals surface area contributed by atoms with Crippen molar-refractivity contribution in [2.24, 2.45) is 0 Å². The van der Waals surface area contributed by atoms with E-state index in [4.69, 9.17) is 11.5 Å². The summed E-state index contributed by atoms with van der Waals surface area (Å²) in [4.78, 5) is 0. The summed E-state index contributed by atoms with van der Waals surface area (Å²) < 4.78 is 1.18. The first-order chi connectivity index (χ1) is 8.09. The number of likely N-dealkylation sites (N-methyl/N-ethyl adjacent to an activating group) is 1. The Morgan fingerprint density at radius 2 is 1.94 bits per heavy atom. The second-order valence-electron chi connectivity index (χ2n) is 5.27. The lowest BCUT2D eigenvalue weighted by Gasteiger charge is -2.29. The van der Waals surface area contributed by atoms with E-state index in [0.717, 1.165) is 24.5 Å². The zero-order valence-corrected chi connectivity index (χ0v) is 10.6. The summed E-state index contributed by atoms with van der Waals surface area (Å²) in [5.41, 5.74) is 14.0. The Bertz CT molecular complexity index is 383. The molecule has 1 aromatic rings. The van der Waals surface area contributed by atoms with Gasteiger partial charge in [-0.25, -0.2) is 0 Å². The molecule has 1 aliphatic rings. The summed E-state index contributed by atoms with van der Waals surface area (Å²) in [6.07, 6.45) is 2.72. The maximum Gasteiger partial charge on any atom is 0.0960 e. The van der Waals surface area contributed by atoms with Crippen LogP contribution in [-0.4, -0.2) is 37.7 Å². The molecule has 0 atom stereocenters. The summed E-state index contributed by atoms with van der Waals surface area (Å²) in [7, 11) is 2.33. The van der Waals surface area contributed by atoms with E-state index in [0.29, 0.717) is 5.69 Å². The Hall–Kier alpha value is -1.42. The van der Waals surface area contributed by atoms with E-state index in [1.165, 1.54) is 30.4 Å². The monoisotopic (exact) mass is 235 g/mol. The molecule has 5 N–H and O–H groups in total. The van der Waals surface area contributed by atoms with Gasteiger partial charge < -0.3 is 21.3 Å². The number of nitrogen functional groups attached to an aromatic ring is 2. The minimum atomic E-state index is 0.714. The van der Waals surface area contributed by atoms with Gasteiger partial charge in [-0.3, -0.25) is 0 Å². The van der Waals surface area contributed by atoms with Gasteiger partial charge in [0, 0.05) is 18.5 Å². The van der Waals surface area contributed by atoms with Crippen molar-refractivity contribution >= 4 is 17.1 Å². The third kappa shape index (κ3) is 3.03. The quantitative estimate of drug-likeness (QED) is 0.547. The highest BCUT2D eigenvalue weighted by atomic mass is 15.3. The maximum atomic E-state index is 5.90. The molecule has 0 spiro atoms. The lowest BCUT2D eigenvalue weighted by Crippen LogP contribution is -2.44. The van der Waals surface area contributed by atoms with Gasteiger partial charge in [-0.05, 0) is 18.2 Å². The summed E-state index contributed by atoms with van der Waals surface area (Å²) in [6, 6.07) is 5.63. The lowest BCUT2D eigenvalue weighted by molar-refractivity contribution is -0.895. The first kappa shape index (κ1) is 12.0. The van der Waals surface area contributed by atoms with E-state index >= 15 is 0 Å². The van der Waals surface area contributed by atoms with Crippen molar-refractivity contribution in [2.75, 3.05) is 50.0 Å². The van der Waals surface area contributed by atoms with Crippen LogP contribution in [0.15, 0.2) is 18.2 Å². The van der Waals surface area contributed by atoms with Crippen molar-refractivity contribution in [3.63, 3.8) is 0 Å². The smallest absolute Gasteiger partial charge is 0.0960 e. The Morgan fingerprint density at radius 1 is 1.24 bits per heavy atom. The molecule has 0 unspecified atom stereocenters. The predicted molar refractivity (Wildman–Crippen MR) is 73.8 cm³/mol. The minimum absolute atomic E-state index is 0.714. The van der Waals surface area contributed by atoms with Crippen LogP contribution in [0.3, 0.4) is 0 Å². The highest BCUT2D eigenvalue weighted by Gasteiger charge is 2.25. The third-order valence-electron chi connectivity index (χ3n) is 3.69. The number of nitrogens with two attached hydrogens (primary N) is 2. The number of quaternary nitrogens is 1.